The maximum Gasteiger partial charge on any atom is 0.377 e. The Morgan fingerprint density at radius 2 is 1.30 bits per heavy atom. The molecule has 0 rings (SSSR count). The molecule has 220 valence electrons. The molecule has 0 saturated carbocycles. The van der Waals surface area contributed by atoms with E-state index in [2.05, 4.69) is 13.8 Å². The van der Waals surface area contributed by atoms with Gasteiger partial charge in [0.2, 0.25) is 8.46 Å². The smallest absolute Gasteiger partial charge is 0.377 e. The van der Waals surface area contributed by atoms with Gasteiger partial charge >= 0.3 is 11.5 Å². The van der Waals surface area contributed by atoms with Gasteiger partial charge in [0.1, 0.15) is 0 Å². The van der Waals surface area contributed by atoms with Crippen molar-refractivity contribution >= 4 is 24.3 Å². The molecule has 0 aliphatic heterocycles. The predicted molar refractivity (Wildman–Crippen MR) is 149 cm³/mol. The fourth-order valence-corrected chi connectivity index (χ4v) is 6.69. The lowest BCUT2D eigenvalue weighted by Crippen LogP contribution is -2.37. The first-order valence-corrected chi connectivity index (χ1v) is 16.9. The van der Waals surface area contributed by atoms with E-state index in [0.717, 1.165) is 38.5 Å². The normalized spacial score (nSPS) is 15.5. The third kappa shape index (κ3) is 17.6. The number of sulfone groups is 1. The minimum Gasteiger partial charge on any atom is -0.477 e. The molecule has 0 aliphatic carbocycles. The van der Waals surface area contributed by atoms with Crippen molar-refractivity contribution in [2.75, 3.05) is 19.0 Å². The van der Waals surface area contributed by atoms with Crippen molar-refractivity contribution in [1.82, 2.24) is 0 Å². The standard InChI is InChI=1S/C27H53O8PS/c1-4-6-8-10-12-13-14-16-18-23-37(32,33)25(20-17-15-11-9-7-5-2)24(3)34-21-19-22-35-27(30,36-31)26(28)29/h24-25,30H,4-23H2,1-3H3,(H,28,29). The summed E-state index contributed by atoms with van der Waals surface area (Å²) in [6.07, 6.45) is 16.9. The Morgan fingerprint density at radius 1 is 0.811 bits per heavy atom. The molecular weight excluding hydrogens is 515 g/mol. The van der Waals surface area contributed by atoms with Crippen molar-refractivity contribution < 1.29 is 37.5 Å². The Morgan fingerprint density at radius 3 is 1.78 bits per heavy atom. The monoisotopic (exact) mass is 568 g/mol. The summed E-state index contributed by atoms with van der Waals surface area (Å²) in [4.78, 5) is 10.9. The topological polar surface area (TPSA) is 127 Å². The van der Waals surface area contributed by atoms with Gasteiger partial charge < -0.3 is 19.7 Å². The van der Waals surface area contributed by atoms with E-state index in [9.17, 15) is 22.9 Å². The van der Waals surface area contributed by atoms with Gasteiger partial charge in [-0.3, -0.25) is 4.57 Å². The lowest BCUT2D eigenvalue weighted by atomic mass is 10.1. The molecule has 0 bridgehead atoms. The molecule has 2 N–H and O–H groups in total. The number of aliphatic carboxylic acids is 1. The lowest BCUT2D eigenvalue weighted by Gasteiger charge is -2.25. The maximum atomic E-state index is 13.2. The van der Waals surface area contributed by atoms with Crippen molar-refractivity contribution in [3.63, 3.8) is 0 Å². The van der Waals surface area contributed by atoms with Crippen LogP contribution >= 0.6 is 8.46 Å². The second kappa shape index (κ2) is 22.2. The minimum absolute atomic E-state index is 0.146. The van der Waals surface area contributed by atoms with Crippen molar-refractivity contribution in [1.29, 1.82) is 0 Å². The number of ether oxygens (including phenoxy) is 2. The van der Waals surface area contributed by atoms with Crippen LogP contribution in [0.3, 0.4) is 0 Å². The largest absolute Gasteiger partial charge is 0.477 e. The van der Waals surface area contributed by atoms with Crippen LogP contribution in [0.15, 0.2) is 0 Å². The molecule has 37 heavy (non-hydrogen) atoms. The molecule has 0 saturated heterocycles. The van der Waals surface area contributed by atoms with Crippen LogP contribution in [0.1, 0.15) is 130 Å². The number of rotatable bonds is 27. The first-order chi connectivity index (χ1) is 17.6. The molecule has 8 nitrogen and oxygen atoms in total. The molecule has 3 unspecified atom stereocenters. The zero-order valence-corrected chi connectivity index (χ0v) is 25.2. The van der Waals surface area contributed by atoms with Gasteiger partial charge in [0.15, 0.2) is 9.84 Å². The van der Waals surface area contributed by atoms with Crippen molar-refractivity contribution in [2.24, 2.45) is 0 Å². The zero-order valence-electron chi connectivity index (χ0n) is 23.5. The highest BCUT2D eigenvalue weighted by Crippen LogP contribution is 2.23. The second-order valence-electron chi connectivity index (χ2n) is 10.1. The van der Waals surface area contributed by atoms with Crippen LogP contribution in [-0.4, -0.2) is 60.4 Å². The Labute approximate surface area is 227 Å². The zero-order chi connectivity index (χ0) is 28.0. The van der Waals surface area contributed by atoms with Crippen LogP contribution in [0.5, 0.6) is 0 Å². The summed E-state index contributed by atoms with van der Waals surface area (Å²) in [5.74, 6) is -1.56. The predicted octanol–water partition coefficient (Wildman–Crippen LogP) is 6.89. The van der Waals surface area contributed by atoms with Gasteiger partial charge in [-0.2, -0.15) is 0 Å². The van der Waals surface area contributed by atoms with Gasteiger partial charge in [-0.1, -0.05) is 104 Å². The van der Waals surface area contributed by atoms with Crippen LogP contribution in [0, 0.1) is 0 Å². The van der Waals surface area contributed by atoms with Gasteiger partial charge in [0.25, 0.3) is 0 Å². The Kier molecular flexibility index (Phi) is 21.9. The van der Waals surface area contributed by atoms with Gasteiger partial charge in [-0.15, -0.1) is 0 Å². The Bertz CT molecular complexity index is 688. The van der Waals surface area contributed by atoms with Crippen LogP contribution in [-0.2, 0) is 28.7 Å². The van der Waals surface area contributed by atoms with E-state index in [1.807, 2.05) is 0 Å². The second-order valence-corrected chi connectivity index (χ2v) is 13.2. The van der Waals surface area contributed by atoms with Crippen LogP contribution in [0.25, 0.3) is 0 Å². The molecule has 0 aromatic rings. The highest BCUT2D eigenvalue weighted by atomic mass is 32.2. The molecule has 0 aromatic carbocycles. The molecule has 0 radical (unpaired) electrons. The summed E-state index contributed by atoms with van der Waals surface area (Å²) in [6, 6.07) is 0. The number of aliphatic hydroxyl groups is 1. The molecule has 0 aliphatic rings. The van der Waals surface area contributed by atoms with E-state index in [-0.39, 0.29) is 25.4 Å². The summed E-state index contributed by atoms with van der Waals surface area (Å²) in [7, 11) is -4.38. The van der Waals surface area contributed by atoms with Gasteiger partial charge in [-0.05, 0) is 26.2 Å². The minimum atomic E-state index is -3.32. The fourth-order valence-electron chi connectivity index (χ4n) is 4.37. The van der Waals surface area contributed by atoms with E-state index in [1.54, 1.807) is 6.92 Å². The molecular formula is C27H53O8PS. The Hall–Kier alpha value is -0.600. The maximum absolute atomic E-state index is 13.2. The van der Waals surface area contributed by atoms with E-state index in [4.69, 9.17) is 14.6 Å². The van der Waals surface area contributed by atoms with Crippen molar-refractivity contribution in [3.05, 3.63) is 0 Å². The number of carboxylic acid groups (broad SMARTS) is 1. The summed E-state index contributed by atoms with van der Waals surface area (Å²) in [6.45, 7) is 6.12. The van der Waals surface area contributed by atoms with Crippen LogP contribution in [0.2, 0.25) is 0 Å². The van der Waals surface area contributed by atoms with Crippen molar-refractivity contribution in [3.8, 4) is 0 Å². The lowest BCUT2D eigenvalue weighted by molar-refractivity contribution is -0.190. The van der Waals surface area contributed by atoms with E-state index in [0.29, 0.717) is 12.8 Å². The van der Waals surface area contributed by atoms with Crippen LogP contribution in [0.4, 0.5) is 0 Å². The highest BCUT2D eigenvalue weighted by Gasteiger charge is 2.39. The first kappa shape index (κ1) is 36.4. The molecule has 0 spiro atoms. The van der Waals surface area contributed by atoms with Gasteiger partial charge in [0, 0.05) is 6.61 Å². The molecule has 0 heterocycles. The number of unbranched alkanes of at least 4 members (excludes halogenated alkanes) is 13. The van der Waals surface area contributed by atoms with Crippen LogP contribution < -0.4 is 0 Å². The molecule has 0 aromatic heterocycles. The average Bonchev–Trinajstić information content (AvgIpc) is 2.86. The molecule has 0 amide bonds. The van der Waals surface area contributed by atoms with E-state index < -0.39 is 41.1 Å². The SMILES string of the molecule is CCCCCCCCCCCS(=O)(=O)C(CCCCCCCC)C(C)OCCCOC(O)(P=O)C(=O)O. The third-order valence-electron chi connectivity index (χ3n) is 6.73. The Balaban J connectivity index is 4.66. The highest BCUT2D eigenvalue weighted by molar-refractivity contribution is 7.92. The number of carbonyl (C=O) groups is 1. The quantitative estimate of drug-likeness (QED) is 0.0623. The third-order valence-corrected chi connectivity index (χ3v) is 9.70. The van der Waals surface area contributed by atoms with E-state index >= 15 is 0 Å². The van der Waals surface area contributed by atoms with Gasteiger partial charge in [-0.25, -0.2) is 13.2 Å². The molecule has 0 fully saturated rings. The molecule has 10 heteroatoms. The molecule has 3 atom stereocenters. The van der Waals surface area contributed by atoms with Gasteiger partial charge in [0.05, 0.1) is 23.7 Å². The fraction of sp³-hybridized carbons (Fsp3) is 0.963. The summed E-state index contributed by atoms with van der Waals surface area (Å²) in [5, 5.41) is 17.9. The first-order valence-electron chi connectivity index (χ1n) is 14.4. The number of carboxylic acids is 1. The summed E-state index contributed by atoms with van der Waals surface area (Å²) in [5.41, 5.74) is -2.77. The summed E-state index contributed by atoms with van der Waals surface area (Å²) >= 11 is 0. The number of hydrogen-bond acceptors (Lipinski definition) is 7. The van der Waals surface area contributed by atoms with Crippen molar-refractivity contribution in [2.45, 2.75) is 147 Å². The van der Waals surface area contributed by atoms with E-state index in [1.165, 1.54) is 51.4 Å². The average molecular weight is 569 g/mol. The number of hydrogen-bond donors (Lipinski definition) is 2. The summed E-state index contributed by atoms with van der Waals surface area (Å²) < 4.78 is 48.0.